The van der Waals surface area contributed by atoms with Crippen LogP contribution in [0.15, 0.2) is 53.4 Å². The van der Waals surface area contributed by atoms with E-state index in [0.29, 0.717) is 38.3 Å². The summed E-state index contributed by atoms with van der Waals surface area (Å²) in [4.78, 5) is 16.6. The number of carbonyl (C=O) groups is 1. The second-order valence-electron chi connectivity index (χ2n) is 7.58. The highest BCUT2D eigenvalue weighted by molar-refractivity contribution is 7.89. The average Bonchev–Trinajstić information content (AvgIpc) is 2.73. The largest absolute Gasteiger partial charge is 0.416 e. The number of halogens is 3. The summed E-state index contributed by atoms with van der Waals surface area (Å²) >= 11 is 0. The van der Waals surface area contributed by atoms with Crippen molar-refractivity contribution in [1.29, 1.82) is 0 Å². The number of carbonyl (C=O) groups excluding carboxylic acids is 1. The van der Waals surface area contributed by atoms with Crippen molar-refractivity contribution in [3.05, 3.63) is 65.2 Å². The molecular weight excluding hydrogens is 431 g/mol. The quantitative estimate of drug-likeness (QED) is 0.696. The number of nitrogens with zero attached hydrogens (tertiary/aromatic N) is 3. The molecule has 0 aliphatic carbocycles. The molecule has 0 saturated carbocycles. The van der Waals surface area contributed by atoms with Gasteiger partial charge in [-0.05, 0) is 35.9 Å². The molecule has 0 unspecified atom stereocenters. The van der Waals surface area contributed by atoms with E-state index >= 15 is 0 Å². The van der Waals surface area contributed by atoms with Crippen molar-refractivity contribution in [2.24, 2.45) is 0 Å². The number of benzene rings is 2. The van der Waals surface area contributed by atoms with Gasteiger partial charge in [0.25, 0.3) is 5.91 Å². The third-order valence-corrected chi connectivity index (χ3v) is 7.02. The molecule has 168 valence electrons. The van der Waals surface area contributed by atoms with Crippen LogP contribution < -0.4 is 0 Å². The lowest BCUT2D eigenvalue weighted by Gasteiger charge is -2.35. The summed E-state index contributed by atoms with van der Waals surface area (Å²) in [6, 6.07) is 11.1. The molecule has 1 heterocycles. The van der Waals surface area contributed by atoms with Crippen LogP contribution in [0.3, 0.4) is 0 Å². The van der Waals surface area contributed by atoms with Crippen molar-refractivity contribution in [3.63, 3.8) is 0 Å². The molecule has 6 nitrogen and oxygen atoms in total. The SMILES string of the molecule is CN(C)S(=O)(=O)c1cccc(C(=O)N2CCN(Cc3ccc(C(F)(F)F)cc3)CC2)c1. The number of hydrogen-bond donors (Lipinski definition) is 0. The minimum atomic E-state index is -4.35. The van der Waals surface area contributed by atoms with Gasteiger partial charge in [-0.15, -0.1) is 0 Å². The lowest BCUT2D eigenvalue weighted by atomic mass is 10.1. The molecule has 1 fully saturated rings. The summed E-state index contributed by atoms with van der Waals surface area (Å²) in [7, 11) is -0.775. The predicted molar refractivity (Wildman–Crippen MR) is 110 cm³/mol. The summed E-state index contributed by atoms with van der Waals surface area (Å²) in [5.74, 6) is -0.245. The van der Waals surface area contributed by atoms with Gasteiger partial charge in [-0.25, -0.2) is 12.7 Å². The molecule has 10 heteroatoms. The molecule has 1 aliphatic rings. The standard InChI is InChI=1S/C21H24F3N3O3S/c1-25(2)31(29,30)19-5-3-4-17(14-19)20(28)27-12-10-26(11-13-27)15-16-6-8-18(9-7-16)21(22,23)24/h3-9,14H,10-13,15H2,1-2H3. The van der Waals surface area contributed by atoms with Crippen molar-refractivity contribution in [2.45, 2.75) is 17.6 Å². The number of hydrogen-bond acceptors (Lipinski definition) is 4. The van der Waals surface area contributed by atoms with Gasteiger partial charge in [-0.3, -0.25) is 9.69 Å². The Hall–Kier alpha value is -2.43. The minimum Gasteiger partial charge on any atom is -0.336 e. The van der Waals surface area contributed by atoms with Crippen molar-refractivity contribution in [1.82, 2.24) is 14.1 Å². The molecular formula is C21H24F3N3O3S. The summed E-state index contributed by atoms with van der Waals surface area (Å²) < 4.78 is 63.8. The first-order valence-electron chi connectivity index (χ1n) is 9.69. The summed E-state index contributed by atoms with van der Waals surface area (Å²) in [5.41, 5.74) is 0.402. The van der Waals surface area contributed by atoms with Gasteiger partial charge in [0.15, 0.2) is 0 Å². The molecule has 0 N–H and O–H groups in total. The van der Waals surface area contributed by atoms with Gasteiger partial charge in [0, 0.05) is 52.4 Å². The molecule has 0 spiro atoms. The van der Waals surface area contributed by atoms with Crippen LogP contribution in [0, 0.1) is 0 Å². The summed E-state index contributed by atoms with van der Waals surface area (Å²) in [5, 5.41) is 0. The zero-order valence-corrected chi connectivity index (χ0v) is 18.1. The summed E-state index contributed by atoms with van der Waals surface area (Å²) in [6.07, 6.45) is -4.35. The Morgan fingerprint density at radius 2 is 1.61 bits per heavy atom. The van der Waals surface area contributed by atoms with E-state index in [4.69, 9.17) is 0 Å². The van der Waals surface area contributed by atoms with E-state index in [1.165, 1.54) is 38.4 Å². The second kappa shape index (κ2) is 8.97. The lowest BCUT2D eigenvalue weighted by Crippen LogP contribution is -2.48. The van der Waals surface area contributed by atoms with Gasteiger partial charge in [-0.1, -0.05) is 18.2 Å². The summed E-state index contributed by atoms with van der Waals surface area (Å²) in [6.45, 7) is 2.54. The number of alkyl halides is 3. The van der Waals surface area contributed by atoms with Crippen LogP contribution in [0.4, 0.5) is 13.2 Å². The van der Waals surface area contributed by atoms with Crippen molar-refractivity contribution in [3.8, 4) is 0 Å². The molecule has 3 rings (SSSR count). The highest BCUT2D eigenvalue weighted by Crippen LogP contribution is 2.29. The first kappa shape index (κ1) is 23.2. The third-order valence-electron chi connectivity index (χ3n) is 5.21. The van der Waals surface area contributed by atoms with Crippen molar-refractivity contribution >= 4 is 15.9 Å². The fourth-order valence-corrected chi connectivity index (χ4v) is 4.30. The van der Waals surface area contributed by atoms with Crippen LogP contribution >= 0.6 is 0 Å². The highest BCUT2D eigenvalue weighted by atomic mass is 32.2. The van der Waals surface area contributed by atoms with Gasteiger partial charge in [0.05, 0.1) is 10.5 Å². The molecule has 0 aromatic heterocycles. The Morgan fingerprint density at radius 3 is 2.16 bits per heavy atom. The third kappa shape index (κ3) is 5.44. The van der Waals surface area contributed by atoms with Gasteiger partial charge in [-0.2, -0.15) is 13.2 Å². The van der Waals surface area contributed by atoms with E-state index in [0.717, 1.165) is 22.0 Å². The van der Waals surface area contributed by atoms with E-state index in [1.807, 2.05) is 0 Å². The Labute approximate surface area is 179 Å². The first-order valence-corrected chi connectivity index (χ1v) is 11.1. The van der Waals surface area contributed by atoms with Crippen molar-refractivity contribution < 1.29 is 26.4 Å². The van der Waals surface area contributed by atoms with Crippen LogP contribution in [0.25, 0.3) is 0 Å². The molecule has 1 saturated heterocycles. The molecule has 1 aliphatic heterocycles. The Balaban J connectivity index is 1.60. The minimum absolute atomic E-state index is 0.0595. The van der Waals surface area contributed by atoms with E-state index in [9.17, 15) is 26.4 Å². The van der Waals surface area contributed by atoms with Gasteiger partial charge in [0.2, 0.25) is 10.0 Å². The van der Waals surface area contributed by atoms with Crippen LogP contribution in [-0.2, 0) is 22.7 Å². The van der Waals surface area contributed by atoms with E-state index < -0.39 is 21.8 Å². The smallest absolute Gasteiger partial charge is 0.336 e. The molecule has 31 heavy (non-hydrogen) atoms. The fourth-order valence-electron chi connectivity index (χ4n) is 3.35. The molecule has 0 atom stereocenters. The molecule has 2 aromatic carbocycles. The molecule has 2 aromatic rings. The lowest BCUT2D eigenvalue weighted by molar-refractivity contribution is -0.137. The average molecular weight is 456 g/mol. The number of amides is 1. The van der Waals surface area contributed by atoms with E-state index in [-0.39, 0.29) is 10.8 Å². The zero-order chi connectivity index (χ0) is 22.8. The van der Waals surface area contributed by atoms with Crippen LogP contribution in [0.1, 0.15) is 21.5 Å². The topological polar surface area (TPSA) is 60.9 Å². The zero-order valence-electron chi connectivity index (χ0n) is 17.3. The molecule has 0 bridgehead atoms. The second-order valence-corrected chi connectivity index (χ2v) is 9.73. The van der Waals surface area contributed by atoms with Gasteiger partial charge >= 0.3 is 6.18 Å². The first-order chi connectivity index (χ1) is 14.5. The van der Waals surface area contributed by atoms with Gasteiger partial charge < -0.3 is 4.90 Å². The van der Waals surface area contributed by atoms with E-state index in [1.54, 1.807) is 17.0 Å². The number of sulfonamides is 1. The Kier molecular flexibility index (Phi) is 6.73. The normalized spacial score (nSPS) is 16.0. The monoisotopic (exact) mass is 455 g/mol. The number of piperazine rings is 1. The van der Waals surface area contributed by atoms with Crippen LogP contribution in [-0.4, -0.2) is 68.7 Å². The van der Waals surface area contributed by atoms with Crippen LogP contribution in [0.2, 0.25) is 0 Å². The van der Waals surface area contributed by atoms with Crippen LogP contribution in [0.5, 0.6) is 0 Å². The Morgan fingerprint density at radius 1 is 1.00 bits per heavy atom. The highest BCUT2D eigenvalue weighted by Gasteiger charge is 2.30. The Bertz CT molecular complexity index is 1030. The van der Waals surface area contributed by atoms with E-state index in [2.05, 4.69) is 4.90 Å². The maximum atomic E-state index is 12.8. The maximum absolute atomic E-state index is 12.8. The van der Waals surface area contributed by atoms with Crippen molar-refractivity contribution in [2.75, 3.05) is 40.3 Å². The number of rotatable bonds is 5. The molecule has 1 amide bonds. The fraction of sp³-hybridized carbons (Fsp3) is 0.381. The predicted octanol–water partition coefficient (Wildman–Crippen LogP) is 2.91. The van der Waals surface area contributed by atoms with Gasteiger partial charge in [0.1, 0.15) is 0 Å². The molecule has 0 radical (unpaired) electrons. The maximum Gasteiger partial charge on any atom is 0.416 e.